The van der Waals surface area contributed by atoms with Crippen LogP contribution >= 0.6 is 0 Å². The van der Waals surface area contributed by atoms with Crippen LogP contribution in [-0.4, -0.2) is 41.6 Å². The molecule has 88 valence electrons. The quantitative estimate of drug-likeness (QED) is 0.757. The fourth-order valence-electron chi connectivity index (χ4n) is 1.42. The first-order valence-electron chi connectivity index (χ1n) is 4.74. The molecule has 0 aliphatic carbocycles. The molecule has 1 aliphatic rings. The van der Waals surface area contributed by atoms with Gasteiger partial charge in [-0.15, -0.1) is 0 Å². The maximum absolute atomic E-state index is 11.9. The van der Waals surface area contributed by atoms with Crippen LogP contribution in [-0.2, 0) is 14.8 Å². The smallest absolute Gasteiger partial charge is 0.312 e. The molecule has 0 amide bonds. The summed E-state index contributed by atoms with van der Waals surface area (Å²) in [7, 11) is -3.37. The van der Waals surface area contributed by atoms with Gasteiger partial charge in [-0.3, -0.25) is 4.79 Å². The molecule has 1 fully saturated rings. The molecule has 0 saturated carbocycles. The monoisotopic (exact) mass is 235 g/mol. The Hall–Kier alpha value is -0.620. The lowest BCUT2D eigenvalue weighted by atomic mass is 9.84. The first-order valence-corrected chi connectivity index (χ1v) is 6.18. The molecule has 0 aromatic carbocycles. The predicted octanol–water partition coefficient (Wildman–Crippen LogP) is 0.521. The SMILES string of the molecule is CC1(C(=O)O)CN(S(=O)(=O)C(C)(C)C)C1. The van der Waals surface area contributed by atoms with E-state index in [-0.39, 0.29) is 13.1 Å². The van der Waals surface area contributed by atoms with Gasteiger partial charge in [0.2, 0.25) is 10.0 Å². The summed E-state index contributed by atoms with van der Waals surface area (Å²) >= 11 is 0. The molecule has 0 aromatic rings. The van der Waals surface area contributed by atoms with Gasteiger partial charge in [-0.25, -0.2) is 8.42 Å². The number of aliphatic carboxylic acids is 1. The van der Waals surface area contributed by atoms with Crippen LogP contribution in [0.1, 0.15) is 27.7 Å². The summed E-state index contributed by atoms with van der Waals surface area (Å²) in [6, 6.07) is 0. The summed E-state index contributed by atoms with van der Waals surface area (Å²) in [5.41, 5.74) is -0.918. The first kappa shape index (κ1) is 12.4. The summed E-state index contributed by atoms with van der Waals surface area (Å²) in [6.07, 6.45) is 0. The number of nitrogens with zero attached hydrogens (tertiary/aromatic N) is 1. The molecule has 1 rings (SSSR count). The molecular formula is C9H17NO4S. The number of carboxylic acids is 1. The van der Waals surface area contributed by atoms with Gasteiger partial charge in [0, 0.05) is 13.1 Å². The number of carboxylic acid groups (broad SMARTS) is 1. The van der Waals surface area contributed by atoms with Gasteiger partial charge in [-0.1, -0.05) is 0 Å². The molecule has 1 heterocycles. The largest absolute Gasteiger partial charge is 0.481 e. The summed E-state index contributed by atoms with van der Waals surface area (Å²) in [5, 5.41) is 8.86. The molecule has 1 N–H and O–H groups in total. The Morgan fingerprint density at radius 2 is 1.73 bits per heavy atom. The van der Waals surface area contributed by atoms with E-state index in [9.17, 15) is 13.2 Å². The van der Waals surface area contributed by atoms with E-state index in [1.807, 2.05) is 0 Å². The third-order valence-corrected chi connectivity index (χ3v) is 5.17. The van der Waals surface area contributed by atoms with Crippen molar-refractivity contribution in [3.05, 3.63) is 0 Å². The van der Waals surface area contributed by atoms with E-state index in [1.165, 1.54) is 4.31 Å². The predicted molar refractivity (Wildman–Crippen MR) is 56.0 cm³/mol. The Balaban J connectivity index is 2.80. The molecule has 0 bridgehead atoms. The molecular weight excluding hydrogens is 218 g/mol. The summed E-state index contributed by atoms with van der Waals surface area (Å²) in [5.74, 6) is -0.942. The minimum atomic E-state index is -3.37. The van der Waals surface area contributed by atoms with Crippen molar-refractivity contribution in [3.63, 3.8) is 0 Å². The number of sulfonamides is 1. The lowest BCUT2D eigenvalue weighted by Gasteiger charge is -2.46. The topological polar surface area (TPSA) is 74.7 Å². The van der Waals surface area contributed by atoms with E-state index in [0.717, 1.165) is 0 Å². The zero-order chi connectivity index (χ0) is 12.1. The van der Waals surface area contributed by atoms with Crippen molar-refractivity contribution in [3.8, 4) is 0 Å². The van der Waals surface area contributed by atoms with Crippen LogP contribution in [0.3, 0.4) is 0 Å². The summed E-state index contributed by atoms with van der Waals surface area (Å²) in [6.45, 7) is 6.53. The number of hydrogen-bond acceptors (Lipinski definition) is 3. The highest BCUT2D eigenvalue weighted by Gasteiger charge is 2.52. The van der Waals surface area contributed by atoms with Crippen LogP contribution in [0.15, 0.2) is 0 Å². The van der Waals surface area contributed by atoms with Crippen LogP contribution in [0.4, 0.5) is 0 Å². The van der Waals surface area contributed by atoms with Gasteiger partial charge in [0.15, 0.2) is 0 Å². The molecule has 0 unspecified atom stereocenters. The minimum Gasteiger partial charge on any atom is -0.481 e. The zero-order valence-corrected chi connectivity index (χ0v) is 10.3. The van der Waals surface area contributed by atoms with Crippen molar-refractivity contribution in [2.24, 2.45) is 5.41 Å². The molecule has 1 aliphatic heterocycles. The van der Waals surface area contributed by atoms with Crippen LogP contribution in [0.5, 0.6) is 0 Å². The van der Waals surface area contributed by atoms with Crippen molar-refractivity contribution in [2.75, 3.05) is 13.1 Å². The molecule has 0 radical (unpaired) electrons. The van der Waals surface area contributed by atoms with Crippen molar-refractivity contribution >= 4 is 16.0 Å². The lowest BCUT2D eigenvalue weighted by molar-refractivity contribution is -0.154. The molecule has 0 aromatic heterocycles. The van der Waals surface area contributed by atoms with Gasteiger partial charge in [-0.05, 0) is 27.7 Å². The van der Waals surface area contributed by atoms with Crippen LogP contribution in [0, 0.1) is 5.41 Å². The number of carbonyl (C=O) groups is 1. The highest BCUT2D eigenvalue weighted by Crippen LogP contribution is 2.35. The number of rotatable bonds is 2. The van der Waals surface area contributed by atoms with E-state index >= 15 is 0 Å². The van der Waals surface area contributed by atoms with Gasteiger partial charge in [0.05, 0.1) is 10.2 Å². The van der Waals surface area contributed by atoms with Gasteiger partial charge in [0.25, 0.3) is 0 Å². The Kier molecular flexibility index (Phi) is 2.64. The maximum Gasteiger partial charge on any atom is 0.312 e. The second kappa shape index (κ2) is 3.18. The zero-order valence-electron chi connectivity index (χ0n) is 9.44. The normalized spacial score (nSPS) is 22.1. The molecule has 0 spiro atoms. The maximum atomic E-state index is 11.9. The summed E-state index contributed by atoms with van der Waals surface area (Å²) < 4.78 is 24.1. The molecule has 5 nitrogen and oxygen atoms in total. The standard InChI is InChI=1S/C9H17NO4S/c1-8(2,3)15(13,14)10-5-9(4,6-10)7(11)12/h5-6H2,1-4H3,(H,11,12). The molecule has 0 atom stereocenters. The van der Waals surface area contributed by atoms with Gasteiger partial charge in [0.1, 0.15) is 0 Å². The van der Waals surface area contributed by atoms with E-state index in [2.05, 4.69) is 0 Å². The average molecular weight is 235 g/mol. The highest BCUT2D eigenvalue weighted by molar-refractivity contribution is 7.90. The van der Waals surface area contributed by atoms with E-state index < -0.39 is 26.2 Å². The Morgan fingerprint density at radius 1 is 1.33 bits per heavy atom. The Morgan fingerprint density at radius 3 is 2.00 bits per heavy atom. The van der Waals surface area contributed by atoms with Crippen LogP contribution in [0.2, 0.25) is 0 Å². The van der Waals surface area contributed by atoms with E-state index in [1.54, 1.807) is 27.7 Å². The molecule has 15 heavy (non-hydrogen) atoms. The highest BCUT2D eigenvalue weighted by atomic mass is 32.2. The molecule has 1 saturated heterocycles. The van der Waals surface area contributed by atoms with Crippen LogP contribution in [0.25, 0.3) is 0 Å². The lowest BCUT2D eigenvalue weighted by Crippen LogP contribution is -2.63. The Bertz CT molecular complexity index is 373. The average Bonchev–Trinajstić information content (AvgIpc) is 1.95. The molecule has 6 heteroatoms. The van der Waals surface area contributed by atoms with Gasteiger partial charge >= 0.3 is 5.97 Å². The third-order valence-electron chi connectivity index (χ3n) is 2.68. The van der Waals surface area contributed by atoms with Crippen molar-refractivity contribution in [1.29, 1.82) is 0 Å². The van der Waals surface area contributed by atoms with E-state index in [0.29, 0.717) is 0 Å². The first-order chi connectivity index (χ1) is 6.51. The fourth-order valence-corrected chi connectivity index (χ4v) is 3.11. The van der Waals surface area contributed by atoms with Crippen molar-refractivity contribution in [2.45, 2.75) is 32.4 Å². The van der Waals surface area contributed by atoms with Crippen molar-refractivity contribution < 1.29 is 18.3 Å². The second-order valence-electron chi connectivity index (χ2n) is 5.25. The second-order valence-corrected chi connectivity index (χ2v) is 7.94. The van der Waals surface area contributed by atoms with Crippen LogP contribution < -0.4 is 0 Å². The van der Waals surface area contributed by atoms with Gasteiger partial charge < -0.3 is 5.11 Å². The van der Waals surface area contributed by atoms with Crippen molar-refractivity contribution in [1.82, 2.24) is 4.31 Å². The summed E-state index contributed by atoms with van der Waals surface area (Å²) in [4.78, 5) is 10.8. The van der Waals surface area contributed by atoms with Gasteiger partial charge in [-0.2, -0.15) is 4.31 Å². The van der Waals surface area contributed by atoms with E-state index in [4.69, 9.17) is 5.11 Å². The minimum absolute atomic E-state index is 0.0714. The Labute approximate surface area is 90.1 Å². The fraction of sp³-hybridized carbons (Fsp3) is 0.889. The third kappa shape index (κ3) is 1.88. The number of hydrogen-bond donors (Lipinski definition) is 1.